The number of ether oxygens (including phenoxy) is 1. The number of amides is 1. The van der Waals surface area contributed by atoms with Crippen LogP contribution in [0.25, 0.3) is 10.6 Å². The maximum atomic E-state index is 13.9. The van der Waals surface area contributed by atoms with Gasteiger partial charge in [0.1, 0.15) is 21.7 Å². The predicted octanol–water partition coefficient (Wildman–Crippen LogP) is 2.55. The molecule has 1 saturated heterocycles. The van der Waals surface area contributed by atoms with E-state index in [0.29, 0.717) is 41.0 Å². The number of aromatic nitrogens is 3. The van der Waals surface area contributed by atoms with Gasteiger partial charge in [-0.3, -0.25) is 4.79 Å². The number of nitrogens with zero attached hydrogens (tertiary/aromatic N) is 4. The molecule has 25 heavy (non-hydrogen) atoms. The Morgan fingerprint density at radius 1 is 1.32 bits per heavy atom. The van der Waals surface area contributed by atoms with Gasteiger partial charge in [0.05, 0.1) is 19.4 Å². The summed E-state index contributed by atoms with van der Waals surface area (Å²) >= 11 is 1.15. The van der Waals surface area contributed by atoms with Crippen LogP contribution in [0.4, 0.5) is 4.39 Å². The summed E-state index contributed by atoms with van der Waals surface area (Å²) in [6.07, 6.45) is 2.69. The van der Waals surface area contributed by atoms with Crippen molar-refractivity contribution < 1.29 is 18.4 Å². The summed E-state index contributed by atoms with van der Waals surface area (Å²) in [6.45, 7) is 1.13. The Morgan fingerprint density at radius 3 is 3.00 bits per heavy atom. The van der Waals surface area contributed by atoms with Crippen LogP contribution in [0.1, 0.15) is 21.5 Å². The molecule has 1 aliphatic rings. The highest BCUT2D eigenvalue weighted by atomic mass is 32.1. The largest absolute Gasteiger partial charge is 0.377 e. The Labute approximate surface area is 146 Å². The predicted molar refractivity (Wildman–Crippen MR) is 86.4 cm³/mol. The molecule has 9 heteroatoms. The van der Waals surface area contributed by atoms with E-state index in [0.717, 1.165) is 11.3 Å². The lowest BCUT2D eigenvalue weighted by Crippen LogP contribution is -2.43. The molecule has 0 spiro atoms. The molecule has 0 unspecified atom stereocenters. The van der Waals surface area contributed by atoms with Gasteiger partial charge in [-0.2, -0.15) is 4.98 Å². The molecule has 0 bridgehead atoms. The fourth-order valence-corrected chi connectivity index (χ4v) is 3.56. The Kier molecular flexibility index (Phi) is 4.24. The molecule has 1 fully saturated rings. The second-order valence-corrected chi connectivity index (χ2v) is 6.42. The topological polar surface area (TPSA) is 81.4 Å². The zero-order valence-electron chi connectivity index (χ0n) is 13.0. The molecule has 3 aromatic rings. The minimum Gasteiger partial charge on any atom is -0.377 e. The third-order valence-corrected chi connectivity index (χ3v) is 4.91. The van der Waals surface area contributed by atoms with Crippen LogP contribution in [-0.2, 0) is 4.74 Å². The first kappa shape index (κ1) is 15.9. The molecule has 1 aromatic carbocycles. The average Bonchev–Trinajstić information content (AvgIpc) is 3.34. The van der Waals surface area contributed by atoms with Crippen molar-refractivity contribution in [2.24, 2.45) is 0 Å². The fraction of sp³-hybridized carbons (Fsp3) is 0.250. The highest BCUT2D eigenvalue weighted by molar-refractivity contribution is 7.16. The van der Waals surface area contributed by atoms with Crippen molar-refractivity contribution in [2.45, 2.75) is 6.04 Å². The summed E-state index contributed by atoms with van der Waals surface area (Å²) in [7, 11) is 0. The lowest BCUT2D eigenvalue weighted by Gasteiger charge is -2.33. The molecular formula is C16H13FN4O3S. The van der Waals surface area contributed by atoms with Gasteiger partial charge in [0, 0.05) is 12.1 Å². The number of carbonyl (C=O) groups is 1. The third kappa shape index (κ3) is 3.03. The Morgan fingerprint density at radius 2 is 2.20 bits per heavy atom. The van der Waals surface area contributed by atoms with E-state index in [1.807, 2.05) is 0 Å². The van der Waals surface area contributed by atoms with Gasteiger partial charge in [-0.05, 0) is 12.1 Å². The van der Waals surface area contributed by atoms with Crippen molar-refractivity contribution in [3.05, 3.63) is 53.4 Å². The Bertz CT molecular complexity index is 883. The number of hydrogen-bond acceptors (Lipinski definition) is 7. The number of thiazole rings is 1. The Hall–Kier alpha value is -2.65. The highest BCUT2D eigenvalue weighted by Crippen LogP contribution is 2.30. The monoisotopic (exact) mass is 360 g/mol. The number of hydrogen-bond donors (Lipinski definition) is 0. The number of benzene rings is 1. The normalized spacial score (nSPS) is 17.6. The summed E-state index contributed by atoms with van der Waals surface area (Å²) in [5, 5.41) is 4.27. The van der Waals surface area contributed by atoms with E-state index < -0.39 is 6.04 Å². The molecule has 0 N–H and O–H groups in total. The van der Waals surface area contributed by atoms with Crippen molar-refractivity contribution >= 4 is 17.2 Å². The van der Waals surface area contributed by atoms with Gasteiger partial charge in [0.15, 0.2) is 5.82 Å². The van der Waals surface area contributed by atoms with Gasteiger partial charge >= 0.3 is 0 Å². The van der Waals surface area contributed by atoms with Gasteiger partial charge in [0.2, 0.25) is 6.39 Å². The minimum absolute atomic E-state index is 0.210. The zero-order valence-corrected chi connectivity index (χ0v) is 13.8. The lowest BCUT2D eigenvalue weighted by molar-refractivity contribution is -0.00552. The van der Waals surface area contributed by atoms with Crippen molar-refractivity contribution in [3.63, 3.8) is 0 Å². The standard InChI is InChI=1S/C16H13FN4O3S/c17-11-4-2-1-3-10(11)15-18-7-13(25-15)16(22)21-5-6-23-8-12(21)14-19-9-24-20-14/h1-4,7,9,12H,5-6,8H2/t12-/m1/s1. The van der Waals surface area contributed by atoms with E-state index in [9.17, 15) is 9.18 Å². The molecule has 7 nitrogen and oxygen atoms in total. The first-order valence-electron chi connectivity index (χ1n) is 7.60. The van der Waals surface area contributed by atoms with E-state index in [4.69, 9.17) is 9.26 Å². The molecule has 2 aromatic heterocycles. The molecule has 4 rings (SSSR count). The summed E-state index contributed by atoms with van der Waals surface area (Å²) < 4.78 is 24.1. The third-order valence-electron chi connectivity index (χ3n) is 3.89. The zero-order chi connectivity index (χ0) is 17.2. The van der Waals surface area contributed by atoms with Gasteiger partial charge in [-0.25, -0.2) is 9.37 Å². The fourth-order valence-electron chi connectivity index (χ4n) is 2.66. The first-order valence-corrected chi connectivity index (χ1v) is 8.41. The molecule has 1 aliphatic heterocycles. The highest BCUT2D eigenvalue weighted by Gasteiger charge is 2.33. The van der Waals surface area contributed by atoms with Crippen molar-refractivity contribution in [1.82, 2.24) is 20.0 Å². The van der Waals surface area contributed by atoms with Crippen molar-refractivity contribution in [3.8, 4) is 10.6 Å². The van der Waals surface area contributed by atoms with Crippen LogP contribution in [0.3, 0.4) is 0 Å². The summed E-state index contributed by atoms with van der Waals surface area (Å²) in [5.74, 6) is -0.183. The van der Waals surface area contributed by atoms with Gasteiger partial charge in [0.25, 0.3) is 5.91 Å². The summed E-state index contributed by atoms with van der Waals surface area (Å²) in [6, 6.07) is 5.93. The SMILES string of the molecule is O=C(c1cnc(-c2ccccc2F)s1)N1CCOC[C@@H]1c1ncon1. The molecule has 1 atom stereocenters. The van der Waals surface area contributed by atoms with E-state index in [2.05, 4.69) is 15.1 Å². The molecule has 0 radical (unpaired) electrons. The van der Waals surface area contributed by atoms with E-state index >= 15 is 0 Å². The smallest absolute Gasteiger partial charge is 0.266 e. The van der Waals surface area contributed by atoms with Crippen LogP contribution in [0.2, 0.25) is 0 Å². The number of halogens is 1. The summed E-state index contributed by atoms with van der Waals surface area (Å²) in [5.41, 5.74) is 0.378. The van der Waals surface area contributed by atoms with E-state index in [1.54, 1.807) is 23.1 Å². The summed E-state index contributed by atoms with van der Waals surface area (Å²) in [4.78, 5) is 23.2. The average molecular weight is 360 g/mol. The van der Waals surface area contributed by atoms with E-state index in [-0.39, 0.29) is 11.7 Å². The second-order valence-electron chi connectivity index (χ2n) is 5.39. The second kappa shape index (κ2) is 6.69. The number of rotatable bonds is 3. The molecule has 0 aliphatic carbocycles. The minimum atomic E-state index is -0.418. The maximum Gasteiger partial charge on any atom is 0.266 e. The van der Waals surface area contributed by atoms with Crippen LogP contribution in [0, 0.1) is 5.82 Å². The van der Waals surface area contributed by atoms with E-state index in [1.165, 1.54) is 18.7 Å². The van der Waals surface area contributed by atoms with Crippen LogP contribution in [-0.4, -0.2) is 45.7 Å². The Balaban J connectivity index is 1.61. The first-order chi connectivity index (χ1) is 12.2. The van der Waals surface area contributed by atoms with Crippen molar-refractivity contribution in [2.75, 3.05) is 19.8 Å². The molecule has 128 valence electrons. The van der Waals surface area contributed by atoms with Gasteiger partial charge < -0.3 is 14.2 Å². The van der Waals surface area contributed by atoms with Crippen molar-refractivity contribution in [1.29, 1.82) is 0 Å². The molecular weight excluding hydrogens is 347 g/mol. The molecule has 1 amide bonds. The number of carbonyl (C=O) groups excluding carboxylic acids is 1. The molecule has 3 heterocycles. The van der Waals surface area contributed by atoms with Crippen LogP contribution < -0.4 is 0 Å². The molecule has 0 saturated carbocycles. The quantitative estimate of drug-likeness (QED) is 0.714. The number of morpholine rings is 1. The van der Waals surface area contributed by atoms with Gasteiger partial charge in [-0.1, -0.05) is 17.3 Å². The van der Waals surface area contributed by atoms with Crippen LogP contribution >= 0.6 is 11.3 Å². The lowest BCUT2D eigenvalue weighted by atomic mass is 10.2. The van der Waals surface area contributed by atoms with Crippen LogP contribution in [0.5, 0.6) is 0 Å². The van der Waals surface area contributed by atoms with Crippen LogP contribution in [0.15, 0.2) is 41.4 Å². The maximum absolute atomic E-state index is 13.9. The van der Waals surface area contributed by atoms with Gasteiger partial charge in [-0.15, -0.1) is 11.3 Å².